The lowest BCUT2D eigenvalue weighted by molar-refractivity contribution is 0.476. The summed E-state index contributed by atoms with van der Waals surface area (Å²) < 4.78 is 22.8. The van der Waals surface area contributed by atoms with E-state index in [4.69, 9.17) is 5.73 Å². The molecular weight excluding hydrogens is 242 g/mol. The van der Waals surface area contributed by atoms with Crippen molar-refractivity contribution in [2.75, 3.05) is 12.0 Å². The van der Waals surface area contributed by atoms with Crippen LogP contribution in [-0.2, 0) is 9.84 Å². The minimum atomic E-state index is -3.32. The summed E-state index contributed by atoms with van der Waals surface area (Å²) in [6, 6.07) is 5.55. The summed E-state index contributed by atoms with van der Waals surface area (Å²) in [7, 11) is -3.32. The minimum Gasteiger partial charge on any atom is -0.507 e. The summed E-state index contributed by atoms with van der Waals surface area (Å²) in [5, 5.41) is 16.0. The van der Waals surface area contributed by atoms with E-state index in [0.29, 0.717) is 11.3 Å². The largest absolute Gasteiger partial charge is 0.507 e. The number of rotatable bonds is 2. The first-order valence-corrected chi connectivity index (χ1v) is 6.61. The number of phenolic OH excluding ortho intramolecular Hbond substituents is 1. The Morgan fingerprint density at radius 2 is 2.06 bits per heavy atom. The van der Waals surface area contributed by atoms with Crippen LogP contribution in [-0.4, -0.2) is 30.0 Å². The van der Waals surface area contributed by atoms with Gasteiger partial charge in [-0.2, -0.15) is 5.10 Å². The van der Waals surface area contributed by atoms with Gasteiger partial charge in [0.05, 0.1) is 10.6 Å². The molecule has 1 aromatic heterocycles. The van der Waals surface area contributed by atoms with Crippen molar-refractivity contribution in [2.45, 2.75) is 4.90 Å². The third kappa shape index (κ3) is 2.23. The molecule has 7 heteroatoms. The van der Waals surface area contributed by atoms with Crippen LogP contribution >= 0.6 is 0 Å². The van der Waals surface area contributed by atoms with Crippen molar-refractivity contribution < 1.29 is 13.5 Å². The molecule has 4 N–H and O–H groups in total. The van der Waals surface area contributed by atoms with E-state index in [2.05, 4.69) is 10.2 Å². The van der Waals surface area contributed by atoms with Crippen LogP contribution in [0.25, 0.3) is 11.3 Å². The summed E-state index contributed by atoms with van der Waals surface area (Å²) in [5.41, 5.74) is 6.26. The first-order chi connectivity index (χ1) is 7.88. The van der Waals surface area contributed by atoms with E-state index in [0.717, 1.165) is 6.26 Å². The number of sulfone groups is 1. The highest BCUT2D eigenvalue weighted by Crippen LogP contribution is 2.30. The van der Waals surface area contributed by atoms with Crippen LogP contribution in [0.3, 0.4) is 0 Å². The first-order valence-electron chi connectivity index (χ1n) is 4.72. The number of nitrogens with one attached hydrogen (secondary N) is 1. The maximum atomic E-state index is 11.4. The molecule has 0 saturated heterocycles. The number of H-pyrrole nitrogens is 1. The zero-order valence-electron chi connectivity index (χ0n) is 9.01. The summed E-state index contributed by atoms with van der Waals surface area (Å²) in [4.78, 5) is 0.124. The lowest BCUT2D eigenvalue weighted by atomic mass is 10.1. The lowest BCUT2D eigenvalue weighted by Gasteiger charge is -2.04. The molecule has 0 atom stereocenters. The number of nitrogen functional groups attached to an aromatic ring is 1. The molecule has 17 heavy (non-hydrogen) atoms. The molecule has 0 aliphatic carbocycles. The monoisotopic (exact) mass is 253 g/mol. The molecule has 6 nitrogen and oxygen atoms in total. The molecule has 0 unspecified atom stereocenters. The van der Waals surface area contributed by atoms with Crippen LogP contribution in [0.4, 0.5) is 5.82 Å². The number of anilines is 1. The van der Waals surface area contributed by atoms with Crippen molar-refractivity contribution in [1.82, 2.24) is 10.2 Å². The van der Waals surface area contributed by atoms with Gasteiger partial charge in [-0.3, -0.25) is 5.10 Å². The molecule has 0 spiro atoms. The van der Waals surface area contributed by atoms with Crippen molar-refractivity contribution in [2.24, 2.45) is 0 Å². The molecule has 0 fully saturated rings. The normalized spacial score (nSPS) is 11.6. The molecule has 2 rings (SSSR count). The average molecular weight is 253 g/mol. The SMILES string of the molecule is CS(=O)(=O)c1ccc(O)c(-c2cc(N)n[nH]2)c1. The Balaban J connectivity index is 2.62. The van der Waals surface area contributed by atoms with Crippen LogP contribution < -0.4 is 5.73 Å². The van der Waals surface area contributed by atoms with Crippen molar-refractivity contribution >= 4 is 15.7 Å². The Morgan fingerprint density at radius 3 is 2.59 bits per heavy atom. The van der Waals surface area contributed by atoms with E-state index in [-0.39, 0.29) is 16.5 Å². The Morgan fingerprint density at radius 1 is 1.35 bits per heavy atom. The van der Waals surface area contributed by atoms with E-state index >= 15 is 0 Å². The van der Waals surface area contributed by atoms with Gasteiger partial charge in [-0.05, 0) is 18.2 Å². The Labute approximate surface area is 98.0 Å². The van der Waals surface area contributed by atoms with E-state index in [1.54, 1.807) is 0 Å². The fourth-order valence-corrected chi connectivity index (χ4v) is 2.08. The molecular formula is C10H11N3O3S. The molecule has 0 aliphatic rings. The van der Waals surface area contributed by atoms with Gasteiger partial charge in [0, 0.05) is 17.9 Å². The number of hydrogen-bond donors (Lipinski definition) is 3. The van der Waals surface area contributed by atoms with Crippen molar-refractivity contribution in [3.05, 3.63) is 24.3 Å². The molecule has 1 aromatic carbocycles. The van der Waals surface area contributed by atoms with E-state index in [1.807, 2.05) is 0 Å². The fraction of sp³-hybridized carbons (Fsp3) is 0.100. The fourth-order valence-electron chi connectivity index (χ4n) is 1.44. The predicted molar refractivity (Wildman–Crippen MR) is 63.2 cm³/mol. The number of aromatic hydroxyl groups is 1. The molecule has 2 aromatic rings. The highest BCUT2D eigenvalue weighted by Gasteiger charge is 2.13. The molecule has 0 bridgehead atoms. The number of nitrogens with zero attached hydrogens (tertiary/aromatic N) is 1. The summed E-state index contributed by atoms with van der Waals surface area (Å²) >= 11 is 0. The molecule has 90 valence electrons. The van der Waals surface area contributed by atoms with E-state index in [1.165, 1.54) is 24.3 Å². The highest BCUT2D eigenvalue weighted by atomic mass is 32.2. The van der Waals surface area contributed by atoms with Gasteiger partial charge < -0.3 is 10.8 Å². The van der Waals surface area contributed by atoms with E-state index < -0.39 is 9.84 Å². The molecule has 0 aliphatic heterocycles. The van der Waals surface area contributed by atoms with E-state index in [9.17, 15) is 13.5 Å². The zero-order chi connectivity index (χ0) is 12.6. The van der Waals surface area contributed by atoms with Gasteiger partial charge in [-0.15, -0.1) is 0 Å². The van der Waals surface area contributed by atoms with Crippen LogP contribution in [0.1, 0.15) is 0 Å². The van der Waals surface area contributed by atoms with Crippen molar-refractivity contribution in [3.63, 3.8) is 0 Å². The number of benzene rings is 1. The molecule has 0 amide bonds. The maximum absolute atomic E-state index is 11.4. The third-order valence-corrected chi connectivity index (χ3v) is 3.39. The van der Waals surface area contributed by atoms with Gasteiger partial charge in [0.1, 0.15) is 11.6 Å². The second-order valence-electron chi connectivity index (χ2n) is 3.66. The number of aromatic amines is 1. The summed E-state index contributed by atoms with van der Waals surface area (Å²) in [5.74, 6) is 0.227. The number of phenols is 1. The topological polar surface area (TPSA) is 109 Å². The van der Waals surface area contributed by atoms with Gasteiger partial charge >= 0.3 is 0 Å². The quantitative estimate of drug-likeness (QED) is 0.732. The van der Waals surface area contributed by atoms with Crippen LogP contribution in [0.5, 0.6) is 5.75 Å². The van der Waals surface area contributed by atoms with Gasteiger partial charge in [0.25, 0.3) is 0 Å². The van der Waals surface area contributed by atoms with Gasteiger partial charge in [0.2, 0.25) is 0 Å². The molecule has 0 radical (unpaired) electrons. The maximum Gasteiger partial charge on any atom is 0.175 e. The number of nitrogens with two attached hydrogens (primary N) is 1. The number of aromatic nitrogens is 2. The van der Waals surface area contributed by atoms with Crippen LogP contribution in [0.2, 0.25) is 0 Å². The molecule has 1 heterocycles. The Kier molecular flexibility index (Phi) is 2.55. The number of hydrogen-bond acceptors (Lipinski definition) is 5. The highest BCUT2D eigenvalue weighted by molar-refractivity contribution is 7.90. The lowest BCUT2D eigenvalue weighted by Crippen LogP contribution is -1.97. The predicted octanol–water partition coefficient (Wildman–Crippen LogP) is 0.768. The van der Waals surface area contributed by atoms with Crippen molar-refractivity contribution in [1.29, 1.82) is 0 Å². The summed E-state index contributed by atoms with van der Waals surface area (Å²) in [6.45, 7) is 0. The molecule has 0 saturated carbocycles. The second-order valence-corrected chi connectivity index (χ2v) is 5.67. The van der Waals surface area contributed by atoms with Gasteiger partial charge in [-0.1, -0.05) is 0 Å². The van der Waals surface area contributed by atoms with Gasteiger partial charge in [-0.25, -0.2) is 8.42 Å². The van der Waals surface area contributed by atoms with Gasteiger partial charge in [0.15, 0.2) is 9.84 Å². The second kappa shape index (κ2) is 3.77. The van der Waals surface area contributed by atoms with Crippen molar-refractivity contribution in [3.8, 4) is 17.0 Å². The Hall–Kier alpha value is -2.02. The smallest absolute Gasteiger partial charge is 0.175 e. The summed E-state index contributed by atoms with van der Waals surface area (Å²) in [6.07, 6.45) is 1.10. The first kappa shape index (κ1) is 11.5. The zero-order valence-corrected chi connectivity index (χ0v) is 9.82. The van der Waals surface area contributed by atoms with Crippen LogP contribution in [0.15, 0.2) is 29.2 Å². The minimum absolute atomic E-state index is 0.0407. The van der Waals surface area contributed by atoms with Crippen LogP contribution in [0, 0.1) is 0 Å². The third-order valence-electron chi connectivity index (χ3n) is 2.28. The standard InChI is InChI=1S/C10H11N3O3S/c1-17(15,16)6-2-3-9(14)7(4-6)8-5-10(11)13-12-8/h2-5,14H,1H3,(H3,11,12,13). The average Bonchev–Trinajstić information content (AvgIpc) is 2.63. The Bertz CT molecular complexity index is 661.